The van der Waals surface area contributed by atoms with Gasteiger partial charge in [-0.15, -0.1) is 11.3 Å². The van der Waals surface area contributed by atoms with Crippen molar-refractivity contribution in [2.75, 3.05) is 0 Å². The van der Waals surface area contributed by atoms with E-state index < -0.39 is 0 Å². The lowest BCUT2D eigenvalue weighted by Gasteiger charge is -2.03. The van der Waals surface area contributed by atoms with Crippen LogP contribution in [-0.2, 0) is 0 Å². The lowest BCUT2D eigenvalue weighted by molar-refractivity contribution is 1.04. The van der Waals surface area contributed by atoms with E-state index in [9.17, 15) is 0 Å². The predicted molar refractivity (Wildman–Crippen MR) is 91.7 cm³/mol. The number of hydrogen-bond acceptors (Lipinski definition) is 4. The monoisotopic (exact) mass is 316 g/mol. The Morgan fingerprint density at radius 2 is 2.04 bits per heavy atom. The van der Waals surface area contributed by atoms with Crippen molar-refractivity contribution >= 4 is 22.2 Å². The summed E-state index contributed by atoms with van der Waals surface area (Å²) >= 11 is 1.60. The summed E-state index contributed by atoms with van der Waals surface area (Å²) in [6.45, 7) is 1.97. The summed E-state index contributed by atoms with van der Waals surface area (Å²) in [4.78, 5) is 13.0. The Kier molecular flexibility index (Phi) is 3.37. The van der Waals surface area contributed by atoms with Gasteiger partial charge in [0.25, 0.3) is 0 Å². The first-order chi connectivity index (χ1) is 11.3. The first-order valence-electron chi connectivity index (χ1n) is 7.11. The average molecular weight is 316 g/mol. The molecule has 4 aromatic rings. The standard InChI is InChI=1S/C18H12N4S/c1-13-21-16(12-23-13)4-2-14-3-5-18(20-10-14)22-9-7-15-6-8-19-11-17(15)22/h3,5-12H,1H3. The van der Waals surface area contributed by atoms with Crippen molar-refractivity contribution in [3.8, 4) is 17.7 Å². The van der Waals surface area contributed by atoms with Crippen molar-refractivity contribution in [2.45, 2.75) is 6.92 Å². The third-order valence-electron chi connectivity index (χ3n) is 3.44. The van der Waals surface area contributed by atoms with Crippen LogP contribution in [0.4, 0.5) is 0 Å². The Balaban J connectivity index is 1.65. The van der Waals surface area contributed by atoms with Crippen LogP contribution in [0, 0.1) is 18.8 Å². The van der Waals surface area contributed by atoms with E-state index in [0.717, 1.165) is 33.0 Å². The molecule has 0 fully saturated rings. The van der Waals surface area contributed by atoms with Crippen molar-refractivity contribution in [3.05, 3.63) is 70.7 Å². The molecule has 0 spiro atoms. The minimum Gasteiger partial charge on any atom is -0.300 e. The molecule has 0 saturated heterocycles. The fourth-order valence-electron chi connectivity index (χ4n) is 2.33. The van der Waals surface area contributed by atoms with Crippen LogP contribution in [-0.4, -0.2) is 19.5 Å². The van der Waals surface area contributed by atoms with Crippen LogP contribution in [0.1, 0.15) is 16.3 Å². The van der Waals surface area contributed by atoms with E-state index in [1.54, 1.807) is 23.7 Å². The number of fused-ring (bicyclic) bond motifs is 1. The van der Waals surface area contributed by atoms with Crippen LogP contribution >= 0.6 is 11.3 Å². The second-order valence-electron chi connectivity index (χ2n) is 5.03. The molecule has 4 heterocycles. The normalized spacial score (nSPS) is 10.5. The van der Waals surface area contributed by atoms with Gasteiger partial charge in [-0.05, 0) is 37.1 Å². The summed E-state index contributed by atoms with van der Waals surface area (Å²) in [6.07, 6.45) is 7.41. The third kappa shape index (κ3) is 2.72. The second kappa shape index (κ2) is 5.67. The minimum absolute atomic E-state index is 0.805. The maximum absolute atomic E-state index is 4.50. The van der Waals surface area contributed by atoms with Crippen LogP contribution in [0.5, 0.6) is 0 Å². The summed E-state index contributed by atoms with van der Waals surface area (Å²) < 4.78 is 2.02. The maximum atomic E-state index is 4.50. The quantitative estimate of drug-likeness (QED) is 0.504. The molecule has 0 unspecified atom stereocenters. The van der Waals surface area contributed by atoms with Crippen LogP contribution < -0.4 is 0 Å². The molecule has 0 amide bonds. The van der Waals surface area contributed by atoms with Crippen molar-refractivity contribution in [2.24, 2.45) is 0 Å². The first kappa shape index (κ1) is 13.7. The lowest BCUT2D eigenvalue weighted by atomic mass is 10.2. The van der Waals surface area contributed by atoms with Crippen LogP contribution in [0.25, 0.3) is 16.7 Å². The fraction of sp³-hybridized carbons (Fsp3) is 0.0556. The summed E-state index contributed by atoms with van der Waals surface area (Å²) in [6, 6.07) is 7.97. The summed E-state index contributed by atoms with van der Waals surface area (Å²) in [5.74, 6) is 7.00. The van der Waals surface area contributed by atoms with Gasteiger partial charge in [0.15, 0.2) is 0 Å². The molecule has 0 aliphatic carbocycles. The number of rotatable bonds is 1. The van der Waals surface area contributed by atoms with E-state index in [4.69, 9.17) is 0 Å². The maximum Gasteiger partial charge on any atom is 0.137 e. The Morgan fingerprint density at radius 3 is 2.83 bits per heavy atom. The third-order valence-corrected chi connectivity index (χ3v) is 4.22. The first-order valence-corrected chi connectivity index (χ1v) is 7.99. The molecule has 0 aliphatic heterocycles. The van der Waals surface area contributed by atoms with E-state index in [-0.39, 0.29) is 0 Å². The highest BCUT2D eigenvalue weighted by molar-refractivity contribution is 7.09. The largest absolute Gasteiger partial charge is 0.300 e. The Morgan fingerprint density at radius 1 is 1.09 bits per heavy atom. The molecule has 4 rings (SSSR count). The SMILES string of the molecule is Cc1nc(C#Cc2ccc(-n3ccc4ccncc43)nc2)cs1. The highest BCUT2D eigenvalue weighted by Gasteiger charge is 2.03. The number of aryl methyl sites for hydroxylation is 1. The molecule has 0 bridgehead atoms. The molecule has 4 aromatic heterocycles. The van der Waals surface area contributed by atoms with Gasteiger partial charge in [-0.3, -0.25) is 9.55 Å². The van der Waals surface area contributed by atoms with E-state index in [0.29, 0.717) is 0 Å². The van der Waals surface area contributed by atoms with Gasteiger partial charge in [0.05, 0.1) is 16.7 Å². The molecular formula is C18H12N4S. The van der Waals surface area contributed by atoms with Crippen molar-refractivity contribution in [1.82, 2.24) is 19.5 Å². The summed E-state index contributed by atoms with van der Waals surface area (Å²) in [5.41, 5.74) is 2.71. The van der Waals surface area contributed by atoms with Gasteiger partial charge in [0, 0.05) is 34.9 Å². The van der Waals surface area contributed by atoms with Crippen molar-refractivity contribution in [3.63, 3.8) is 0 Å². The van der Waals surface area contributed by atoms with Crippen LogP contribution in [0.3, 0.4) is 0 Å². The molecule has 23 heavy (non-hydrogen) atoms. The molecular weight excluding hydrogens is 304 g/mol. The molecule has 0 aromatic carbocycles. The Hall–Kier alpha value is -2.97. The summed E-state index contributed by atoms with van der Waals surface area (Å²) in [7, 11) is 0. The van der Waals surface area contributed by atoms with E-state index in [2.05, 4.69) is 32.9 Å². The summed E-state index contributed by atoms with van der Waals surface area (Å²) in [5, 5.41) is 4.13. The topological polar surface area (TPSA) is 43.6 Å². The van der Waals surface area contributed by atoms with Crippen LogP contribution in [0.15, 0.2) is 54.4 Å². The van der Waals surface area contributed by atoms with Gasteiger partial charge in [-0.1, -0.05) is 5.92 Å². The fourth-order valence-corrected chi connectivity index (χ4v) is 2.88. The van der Waals surface area contributed by atoms with E-state index in [1.165, 1.54) is 0 Å². The molecule has 0 aliphatic rings. The number of hydrogen-bond donors (Lipinski definition) is 0. The zero-order valence-electron chi connectivity index (χ0n) is 12.4. The molecule has 110 valence electrons. The lowest BCUT2D eigenvalue weighted by Crippen LogP contribution is -1.95. The highest BCUT2D eigenvalue weighted by atomic mass is 32.1. The van der Waals surface area contributed by atoms with Gasteiger partial charge in [0.2, 0.25) is 0 Å². The van der Waals surface area contributed by atoms with Gasteiger partial charge >= 0.3 is 0 Å². The van der Waals surface area contributed by atoms with Crippen molar-refractivity contribution in [1.29, 1.82) is 0 Å². The highest BCUT2D eigenvalue weighted by Crippen LogP contribution is 2.18. The second-order valence-corrected chi connectivity index (χ2v) is 6.09. The van der Waals surface area contributed by atoms with Crippen LogP contribution in [0.2, 0.25) is 0 Å². The van der Waals surface area contributed by atoms with Gasteiger partial charge < -0.3 is 0 Å². The van der Waals surface area contributed by atoms with Crippen molar-refractivity contribution < 1.29 is 0 Å². The number of pyridine rings is 2. The molecule has 0 radical (unpaired) electrons. The predicted octanol–water partition coefficient (Wildman–Crippen LogP) is 3.59. The van der Waals surface area contributed by atoms with Gasteiger partial charge in [-0.2, -0.15) is 0 Å². The van der Waals surface area contributed by atoms with Gasteiger partial charge in [0.1, 0.15) is 11.5 Å². The molecule has 4 nitrogen and oxygen atoms in total. The molecule has 0 atom stereocenters. The number of thiazole rings is 1. The average Bonchev–Trinajstić information content (AvgIpc) is 3.20. The zero-order valence-corrected chi connectivity index (χ0v) is 13.2. The van der Waals surface area contributed by atoms with Gasteiger partial charge in [-0.25, -0.2) is 9.97 Å². The number of nitrogens with zero attached hydrogens (tertiary/aromatic N) is 4. The smallest absolute Gasteiger partial charge is 0.137 e. The Labute approximate surface area is 137 Å². The van der Waals surface area contributed by atoms with E-state index in [1.807, 2.05) is 47.5 Å². The molecule has 5 heteroatoms. The minimum atomic E-state index is 0.805. The zero-order chi connectivity index (χ0) is 15.6. The Bertz CT molecular complexity index is 1030. The van der Waals surface area contributed by atoms with E-state index >= 15 is 0 Å². The number of aromatic nitrogens is 4. The molecule has 0 N–H and O–H groups in total. The molecule has 0 saturated carbocycles.